The van der Waals surface area contributed by atoms with Crippen LogP contribution in [0.25, 0.3) is 0 Å². The Morgan fingerprint density at radius 2 is 2.17 bits per heavy atom. The molecule has 0 unspecified atom stereocenters. The molecule has 0 bridgehead atoms. The van der Waals surface area contributed by atoms with E-state index in [4.69, 9.17) is 0 Å². The fraction of sp³-hybridized carbons (Fsp3) is 0.500. The van der Waals surface area contributed by atoms with Gasteiger partial charge in [0.05, 0.1) is 0 Å². The van der Waals surface area contributed by atoms with E-state index in [9.17, 15) is 4.79 Å². The Morgan fingerprint density at radius 3 is 2.17 bits per heavy atom. The van der Waals surface area contributed by atoms with Gasteiger partial charge in [-0.3, -0.25) is 10.2 Å². The number of hydrogen-bond acceptors (Lipinski definition) is 2. The number of amides is 1. The van der Waals surface area contributed by atoms with Crippen molar-refractivity contribution in [2.45, 2.75) is 6.92 Å². The van der Waals surface area contributed by atoms with Gasteiger partial charge in [-0.1, -0.05) is 0 Å². The van der Waals surface area contributed by atoms with Gasteiger partial charge in [-0.15, -0.1) is 0 Å². The number of carbonyl (C=O) groups is 1. The van der Waals surface area contributed by atoms with E-state index in [2.05, 4.69) is 5.84 Å². The largest absolute Gasteiger partial charge is 2.00 e. The van der Waals surface area contributed by atoms with E-state index in [0.717, 1.165) is 0 Å². The molecule has 0 saturated carbocycles. The van der Waals surface area contributed by atoms with Crippen LogP contribution in [0.1, 0.15) is 9.78 Å². The van der Waals surface area contributed by atoms with Crippen LogP contribution in [0.15, 0.2) is 0 Å². The molecule has 0 spiro atoms. The molecule has 6 heavy (non-hydrogen) atoms. The molecule has 34 valence electrons. The molecule has 0 fully saturated rings. The van der Waals surface area contributed by atoms with Gasteiger partial charge >= 0.3 is 23.1 Å². The van der Waals surface area contributed by atoms with Crippen molar-refractivity contribution in [2.75, 3.05) is 0 Å². The maximum Gasteiger partial charge on any atom is 2.00 e. The molecule has 0 rings (SSSR count). The maximum absolute atomic E-state index is 9.58. The molecular formula is C2H8MgN2O. The van der Waals surface area contributed by atoms with Gasteiger partial charge in [0.15, 0.2) is 0 Å². The maximum atomic E-state index is 9.58. The van der Waals surface area contributed by atoms with Gasteiger partial charge in [0.2, 0.25) is 5.91 Å². The summed E-state index contributed by atoms with van der Waals surface area (Å²) >= 11 is 0. The zero-order valence-electron chi connectivity index (χ0n) is 5.69. The van der Waals surface area contributed by atoms with E-state index in [1.165, 1.54) is 6.92 Å². The quantitative estimate of drug-likeness (QED) is 0.175. The third-order valence-corrected chi connectivity index (χ3v) is 0.203. The van der Waals surface area contributed by atoms with Crippen molar-refractivity contribution >= 4 is 29.0 Å². The normalized spacial score (nSPS) is 5.67. The van der Waals surface area contributed by atoms with Crippen LogP contribution in [0.3, 0.4) is 0 Å². The minimum Gasteiger partial charge on any atom is -1.00 e. The zero-order chi connectivity index (χ0) is 4.28. The summed E-state index contributed by atoms with van der Waals surface area (Å²) < 4.78 is 0. The van der Waals surface area contributed by atoms with Gasteiger partial charge in [-0.05, 0) is 0 Å². The second kappa shape index (κ2) is 5.20. The van der Waals surface area contributed by atoms with Crippen molar-refractivity contribution < 1.29 is 7.65 Å². The molecule has 3 nitrogen and oxygen atoms in total. The molecule has 1 amide bonds. The summed E-state index contributed by atoms with van der Waals surface area (Å²) in [5.74, 6) is 4.35. The Hall–Kier alpha value is 0.196. The number of nitrogens with one attached hydrogen (secondary N) is 1. The third kappa shape index (κ3) is 8.89. The molecule has 3 N–H and O–H groups in total. The smallest absolute Gasteiger partial charge is 1.00 e. The Labute approximate surface area is 55.4 Å². The van der Waals surface area contributed by atoms with Crippen LogP contribution in [-0.4, -0.2) is 29.0 Å². The Kier molecular flexibility index (Phi) is 8.23. The van der Waals surface area contributed by atoms with Gasteiger partial charge in [0.25, 0.3) is 0 Å². The molecule has 0 aliphatic heterocycles. The standard InChI is InChI=1S/C2H6N2O.Mg.2H/c1-2(5)4-3;;;/h3H2,1H3,(H,4,5);;;/q;+2;2*-1. The predicted molar refractivity (Wildman–Crippen MR) is 26.0 cm³/mol. The molecule has 4 heteroatoms. The van der Waals surface area contributed by atoms with E-state index in [-0.39, 0.29) is 31.8 Å². The van der Waals surface area contributed by atoms with Crippen LogP contribution in [-0.2, 0) is 4.79 Å². The number of hydrazine groups is 1. The molecule has 0 aromatic heterocycles. The summed E-state index contributed by atoms with van der Waals surface area (Å²) in [7, 11) is 0. The van der Waals surface area contributed by atoms with Crippen LogP contribution in [0, 0.1) is 0 Å². The molecule has 0 atom stereocenters. The molecule has 0 heterocycles. The summed E-state index contributed by atoms with van der Waals surface area (Å²) in [4.78, 5) is 9.58. The molecule has 0 aliphatic carbocycles. The Bertz CT molecular complexity index is 53.3. The number of rotatable bonds is 0. The van der Waals surface area contributed by atoms with Crippen LogP contribution in [0.4, 0.5) is 0 Å². The minimum atomic E-state index is -0.218. The number of carbonyl (C=O) groups excluding carboxylic acids is 1. The first-order valence-corrected chi connectivity index (χ1v) is 1.24. The van der Waals surface area contributed by atoms with E-state index >= 15 is 0 Å². The summed E-state index contributed by atoms with van der Waals surface area (Å²) in [6.07, 6.45) is 0. The molecule has 0 saturated heterocycles. The summed E-state index contributed by atoms with van der Waals surface area (Å²) in [5, 5.41) is 0. The second-order valence-electron chi connectivity index (χ2n) is 0.701. The first-order chi connectivity index (χ1) is 2.27. The third-order valence-electron chi connectivity index (χ3n) is 0.203. The topological polar surface area (TPSA) is 55.1 Å². The SMILES string of the molecule is CC(=O)NN.[H-].[H-].[Mg+2]. The van der Waals surface area contributed by atoms with Gasteiger partial charge in [-0.2, -0.15) is 0 Å². The zero-order valence-corrected chi connectivity index (χ0v) is 5.11. The Morgan fingerprint density at radius 1 is 2.00 bits per heavy atom. The van der Waals surface area contributed by atoms with E-state index in [1.54, 1.807) is 0 Å². The van der Waals surface area contributed by atoms with E-state index < -0.39 is 0 Å². The fourth-order valence-electron chi connectivity index (χ4n) is 0. The van der Waals surface area contributed by atoms with Crippen molar-refractivity contribution in [1.82, 2.24) is 5.43 Å². The van der Waals surface area contributed by atoms with E-state index in [0.29, 0.717) is 0 Å². The molecule has 0 radical (unpaired) electrons. The number of hydrogen-bond donors (Lipinski definition) is 2. The molecule has 0 aromatic carbocycles. The monoisotopic (exact) mass is 100 g/mol. The molecule has 0 aliphatic rings. The molecular weight excluding hydrogens is 92.3 g/mol. The van der Waals surface area contributed by atoms with Crippen molar-refractivity contribution in [3.05, 3.63) is 0 Å². The summed E-state index contributed by atoms with van der Waals surface area (Å²) in [6, 6.07) is 0. The van der Waals surface area contributed by atoms with Crippen LogP contribution in [0.2, 0.25) is 0 Å². The Balaban J connectivity index is -0.0000000267. The van der Waals surface area contributed by atoms with Gasteiger partial charge in [-0.25, -0.2) is 5.84 Å². The predicted octanol–water partition coefficient (Wildman–Crippen LogP) is -1.16. The summed E-state index contributed by atoms with van der Waals surface area (Å²) in [5.41, 5.74) is 1.89. The van der Waals surface area contributed by atoms with Crippen molar-refractivity contribution in [3.8, 4) is 0 Å². The van der Waals surface area contributed by atoms with E-state index in [1.807, 2.05) is 5.43 Å². The van der Waals surface area contributed by atoms with Gasteiger partial charge < -0.3 is 2.85 Å². The van der Waals surface area contributed by atoms with Crippen LogP contribution >= 0.6 is 0 Å². The van der Waals surface area contributed by atoms with Crippen molar-refractivity contribution in [3.63, 3.8) is 0 Å². The van der Waals surface area contributed by atoms with Crippen molar-refractivity contribution in [2.24, 2.45) is 5.84 Å². The van der Waals surface area contributed by atoms with Gasteiger partial charge in [0.1, 0.15) is 0 Å². The van der Waals surface area contributed by atoms with Crippen LogP contribution in [0.5, 0.6) is 0 Å². The van der Waals surface area contributed by atoms with Crippen LogP contribution < -0.4 is 11.3 Å². The minimum absolute atomic E-state index is 0. The number of nitrogens with two attached hydrogens (primary N) is 1. The summed E-state index contributed by atoms with van der Waals surface area (Å²) in [6.45, 7) is 1.35. The molecule has 0 aromatic rings. The fourth-order valence-corrected chi connectivity index (χ4v) is 0. The first-order valence-electron chi connectivity index (χ1n) is 1.24. The van der Waals surface area contributed by atoms with Gasteiger partial charge in [0, 0.05) is 6.92 Å². The van der Waals surface area contributed by atoms with Crippen molar-refractivity contribution in [1.29, 1.82) is 0 Å². The first kappa shape index (κ1) is 9.50. The average Bonchev–Trinajstić information content (AvgIpc) is 1.38. The average molecular weight is 100 g/mol. The second-order valence-corrected chi connectivity index (χ2v) is 0.701.